The number of aromatic nitrogens is 3. The van der Waals surface area contributed by atoms with Gasteiger partial charge >= 0.3 is 0 Å². The first-order valence-corrected chi connectivity index (χ1v) is 7.81. The zero-order valence-electron chi connectivity index (χ0n) is 13.5. The third-order valence-electron chi connectivity index (χ3n) is 4.24. The van der Waals surface area contributed by atoms with Crippen LogP contribution in [0.2, 0.25) is 0 Å². The number of pyridine rings is 1. The van der Waals surface area contributed by atoms with Gasteiger partial charge in [-0.05, 0) is 38.6 Å². The minimum Gasteiger partial charge on any atom is -0.337 e. The maximum Gasteiger partial charge on any atom is 0.255 e. The Balaban J connectivity index is 1.59. The van der Waals surface area contributed by atoms with Crippen LogP contribution in [0.4, 0.5) is 0 Å². The van der Waals surface area contributed by atoms with Crippen molar-refractivity contribution < 1.29 is 4.79 Å². The fraction of sp³-hybridized carbons (Fsp3) is 0.412. The Morgan fingerprint density at radius 1 is 1.30 bits per heavy atom. The molecule has 0 radical (unpaired) electrons. The van der Waals surface area contributed by atoms with Crippen LogP contribution in [0.25, 0.3) is 0 Å². The third kappa shape index (κ3) is 3.71. The average Bonchev–Trinajstić information content (AvgIpc) is 3.06. The number of amides is 1. The van der Waals surface area contributed by atoms with Crippen molar-refractivity contribution in [3.63, 3.8) is 0 Å². The molecular weight excluding hydrogens is 290 g/mol. The summed E-state index contributed by atoms with van der Waals surface area (Å²) < 4.78 is 0. The normalized spacial score (nSPS) is 17.7. The molecule has 1 unspecified atom stereocenters. The SMILES string of the molecule is Cc1ccc(C(=O)N2CCC(N(C)Cc3ncccn3)C2)cn1. The number of nitrogens with zero attached hydrogens (tertiary/aromatic N) is 5. The molecule has 0 aliphatic carbocycles. The lowest BCUT2D eigenvalue weighted by Gasteiger charge is -2.24. The van der Waals surface area contributed by atoms with Crippen LogP contribution in [0.15, 0.2) is 36.8 Å². The second kappa shape index (κ2) is 6.83. The van der Waals surface area contributed by atoms with Crippen molar-refractivity contribution in [2.45, 2.75) is 25.9 Å². The average molecular weight is 311 g/mol. The summed E-state index contributed by atoms with van der Waals surface area (Å²) in [6.45, 7) is 4.12. The van der Waals surface area contributed by atoms with Crippen molar-refractivity contribution in [3.05, 3.63) is 53.9 Å². The Bertz CT molecular complexity index is 658. The van der Waals surface area contributed by atoms with Gasteiger partial charge in [-0.25, -0.2) is 9.97 Å². The molecule has 1 aliphatic heterocycles. The molecule has 2 aromatic heterocycles. The highest BCUT2D eigenvalue weighted by molar-refractivity contribution is 5.94. The molecule has 6 nitrogen and oxygen atoms in total. The highest BCUT2D eigenvalue weighted by Crippen LogP contribution is 2.18. The lowest BCUT2D eigenvalue weighted by molar-refractivity contribution is 0.0779. The molecule has 1 amide bonds. The van der Waals surface area contributed by atoms with Crippen molar-refractivity contribution in [2.24, 2.45) is 0 Å². The smallest absolute Gasteiger partial charge is 0.255 e. The van der Waals surface area contributed by atoms with Gasteiger partial charge in [-0.15, -0.1) is 0 Å². The number of aryl methyl sites for hydroxylation is 1. The van der Waals surface area contributed by atoms with Gasteiger partial charge in [0.2, 0.25) is 0 Å². The molecule has 1 aliphatic rings. The molecule has 1 fully saturated rings. The minimum atomic E-state index is 0.0596. The van der Waals surface area contributed by atoms with Gasteiger partial charge in [-0.2, -0.15) is 0 Å². The van der Waals surface area contributed by atoms with E-state index in [9.17, 15) is 4.79 Å². The standard InChI is InChI=1S/C17H21N5O/c1-13-4-5-14(10-20-13)17(23)22-9-6-15(11-22)21(2)12-16-18-7-3-8-19-16/h3-5,7-8,10,15H,6,9,11-12H2,1-2H3. The second-order valence-corrected chi connectivity index (χ2v) is 5.96. The first-order valence-electron chi connectivity index (χ1n) is 7.81. The largest absolute Gasteiger partial charge is 0.337 e. The number of carbonyl (C=O) groups is 1. The summed E-state index contributed by atoms with van der Waals surface area (Å²) in [4.78, 5) is 29.4. The van der Waals surface area contributed by atoms with Crippen LogP contribution in [0.3, 0.4) is 0 Å². The van der Waals surface area contributed by atoms with Crippen LogP contribution in [0.1, 0.15) is 28.3 Å². The summed E-state index contributed by atoms with van der Waals surface area (Å²) in [6.07, 6.45) is 6.14. The number of carbonyl (C=O) groups excluding carboxylic acids is 1. The number of likely N-dealkylation sites (N-methyl/N-ethyl adjacent to an activating group) is 1. The summed E-state index contributed by atoms with van der Waals surface area (Å²) in [7, 11) is 2.06. The fourth-order valence-electron chi connectivity index (χ4n) is 2.83. The van der Waals surface area contributed by atoms with Crippen LogP contribution in [0.5, 0.6) is 0 Å². The predicted octanol–water partition coefficient (Wildman–Crippen LogP) is 1.53. The van der Waals surface area contributed by atoms with Gasteiger partial charge in [-0.1, -0.05) is 0 Å². The van der Waals surface area contributed by atoms with Crippen LogP contribution in [-0.4, -0.2) is 56.8 Å². The molecule has 120 valence electrons. The van der Waals surface area contributed by atoms with E-state index in [4.69, 9.17) is 0 Å². The van der Waals surface area contributed by atoms with E-state index in [1.807, 2.05) is 30.0 Å². The molecule has 0 aromatic carbocycles. The number of rotatable bonds is 4. The summed E-state index contributed by atoms with van der Waals surface area (Å²) in [5, 5.41) is 0. The lowest BCUT2D eigenvalue weighted by atomic mass is 10.2. The molecule has 0 saturated carbocycles. The lowest BCUT2D eigenvalue weighted by Crippen LogP contribution is -2.36. The molecule has 1 saturated heterocycles. The minimum absolute atomic E-state index is 0.0596. The van der Waals surface area contributed by atoms with E-state index in [1.165, 1.54) is 0 Å². The van der Waals surface area contributed by atoms with Crippen molar-refractivity contribution in [3.8, 4) is 0 Å². The molecule has 3 heterocycles. The Morgan fingerprint density at radius 2 is 2.09 bits per heavy atom. The van der Waals surface area contributed by atoms with E-state index >= 15 is 0 Å². The van der Waals surface area contributed by atoms with E-state index in [-0.39, 0.29) is 5.91 Å². The zero-order chi connectivity index (χ0) is 16.2. The topological polar surface area (TPSA) is 62.2 Å². The van der Waals surface area contributed by atoms with E-state index in [1.54, 1.807) is 18.6 Å². The monoisotopic (exact) mass is 311 g/mol. The van der Waals surface area contributed by atoms with Crippen molar-refractivity contribution >= 4 is 5.91 Å². The van der Waals surface area contributed by atoms with Crippen LogP contribution < -0.4 is 0 Å². The molecule has 23 heavy (non-hydrogen) atoms. The Kier molecular flexibility index (Phi) is 4.62. The zero-order valence-corrected chi connectivity index (χ0v) is 13.5. The van der Waals surface area contributed by atoms with E-state index in [0.717, 1.165) is 31.0 Å². The van der Waals surface area contributed by atoms with Crippen molar-refractivity contribution in [1.82, 2.24) is 24.8 Å². The number of likely N-dealkylation sites (tertiary alicyclic amines) is 1. The van der Waals surface area contributed by atoms with Crippen LogP contribution in [-0.2, 0) is 6.54 Å². The summed E-state index contributed by atoms with van der Waals surface area (Å²) in [5.41, 5.74) is 1.58. The summed E-state index contributed by atoms with van der Waals surface area (Å²) in [5.74, 6) is 0.867. The van der Waals surface area contributed by atoms with Crippen molar-refractivity contribution in [1.29, 1.82) is 0 Å². The van der Waals surface area contributed by atoms with Gasteiger partial charge in [0.15, 0.2) is 0 Å². The maximum atomic E-state index is 12.5. The molecule has 0 spiro atoms. The molecule has 1 atom stereocenters. The molecule has 6 heteroatoms. The van der Waals surface area contributed by atoms with Gasteiger partial charge in [0.25, 0.3) is 5.91 Å². The highest BCUT2D eigenvalue weighted by Gasteiger charge is 2.29. The van der Waals surface area contributed by atoms with Crippen molar-refractivity contribution in [2.75, 3.05) is 20.1 Å². The predicted molar refractivity (Wildman–Crippen MR) is 86.8 cm³/mol. The Hall–Kier alpha value is -2.34. The molecule has 0 bridgehead atoms. The van der Waals surface area contributed by atoms with E-state index < -0.39 is 0 Å². The van der Waals surface area contributed by atoms with Gasteiger partial charge in [0.05, 0.1) is 12.1 Å². The Labute approximate surface area is 136 Å². The first-order chi connectivity index (χ1) is 11.1. The molecular formula is C17H21N5O. The molecule has 0 N–H and O–H groups in total. The van der Waals surface area contributed by atoms with E-state index in [2.05, 4.69) is 26.9 Å². The second-order valence-electron chi connectivity index (χ2n) is 5.96. The van der Waals surface area contributed by atoms with Gasteiger partial charge < -0.3 is 4.90 Å². The first kappa shape index (κ1) is 15.6. The Morgan fingerprint density at radius 3 is 2.78 bits per heavy atom. The van der Waals surface area contributed by atoms with Gasteiger partial charge in [-0.3, -0.25) is 14.7 Å². The van der Waals surface area contributed by atoms with E-state index in [0.29, 0.717) is 18.2 Å². The maximum absolute atomic E-state index is 12.5. The fourth-order valence-corrected chi connectivity index (χ4v) is 2.83. The van der Waals surface area contributed by atoms with Gasteiger partial charge in [0, 0.05) is 43.4 Å². The van der Waals surface area contributed by atoms with Gasteiger partial charge in [0.1, 0.15) is 5.82 Å². The number of hydrogen-bond acceptors (Lipinski definition) is 5. The molecule has 3 rings (SSSR count). The highest BCUT2D eigenvalue weighted by atomic mass is 16.2. The molecule has 2 aromatic rings. The summed E-state index contributed by atoms with van der Waals surface area (Å²) >= 11 is 0. The third-order valence-corrected chi connectivity index (χ3v) is 4.24. The quantitative estimate of drug-likeness (QED) is 0.857. The summed E-state index contributed by atoms with van der Waals surface area (Å²) in [6, 6.07) is 5.87. The number of hydrogen-bond donors (Lipinski definition) is 0. The van der Waals surface area contributed by atoms with Crippen LogP contribution >= 0.6 is 0 Å². The van der Waals surface area contributed by atoms with Crippen LogP contribution in [0, 0.1) is 6.92 Å².